The Balaban J connectivity index is 1.62. The van der Waals surface area contributed by atoms with Crippen molar-refractivity contribution in [1.82, 2.24) is 19.5 Å². The summed E-state index contributed by atoms with van der Waals surface area (Å²) in [6.07, 6.45) is 9.16. The van der Waals surface area contributed by atoms with Crippen molar-refractivity contribution in [3.63, 3.8) is 0 Å². The SMILES string of the molecule is Nc1ncnc2c1c(-c1ccc3ccc(-c4cccs4)nc3c1F)cn2C1=CC=C1. The molecule has 0 unspecified atom stereocenters. The third-order valence-electron chi connectivity index (χ3n) is 5.29. The number of aromatic nitrogens is 4. The van der Waals surface area contributed by atoms with Gasteiger partial charge in [0.05, 0.1) is 16.0 Å². The molecule has 2 N–H and O–H groups in total. The Morgan fingerprint density at radius 3 is 2.67 bits per heavy atom. The molecule has 0 atom stereocenters. The highest BCUT2D eigenvalue weighted by Crippen LogP contribution is 2.38. The van der Waals surface area contributed by atoms with E-state index < -0.39 is 0 Å². The van der Waals surface area contributed by atoms with Gasteiger partial charge in [-0.1, -0.05) is 30.3 Å². The zero-order valence-corrected chi connectivity index (χ0v) is 16.4. The molecule has 0 amide bonds. The third-order valence-corrected chi connectivity index (χ3v) is 6.18. The Kier molecular flexibility index (Phi) is 3.60. The van der Waals surface area contributed by atoms with E-state index in [1.165, 1.54) is 6.33 Å². The van der Waals surface area contributed by atoms with E-state index in [0.29, 0.717) is 33.5 Å². The van der Waals surface area contributed by atoms with E-state index in [1.54, 1.807) is 17.4 Å². The molecule has 30 heavy (non-hydrogen) atoms. The van der Waals surface area contributed by atoms with Crippen LogP contribution in [0.15, 0.2) is 72.5 Å². The van der Waals surface area contributed by atoms with Gasteiger partial charge in [0.25, 0.3) is 0 Å². The molecule has 5 aromatic rings. The van der Waals surface area contributed by atoms with Gasteiger partial charge in [0.15, 0.2) is 11.5 Å². The lowest BCUT2D eigenvalue weighted by atomic mass is 10.0. The largest absolute Gasteiger partial charge is 0.383 e. The van der Waals surface area contributed by atoms with E-state index in [0.717, 1.165) is 21.7 Å². The van der Waals surface area contributed by atoms with Crippen molar-refractivity contribution < 1.29 is 4.39 Å². The van der Waals surface area contributed by atoms with Crippen LogP contribution in [0.4, 0.5) is 10.2 Å². The molecular weight excluding hydrogens is 397 g/mol. The first kappa shape index (κ1) is 17.1. The lowest BCUT2D eigenvalue weighted by molar-refractivity contribution is 0.640. The van der Waals surface area contributed by atoms with Crippen molar-refractivity contribution in [3.8, 4) is 21.7 Å². The van der Waals surface area contributed by atoms with Gasteiger partial charge in [-0.05, 0) is 29.7 Å². The van der Waals surface area contributed by atoms with Gasteiger partial charge < -0.3 is 10.3 Å². The predicted octanol–water partition coefficient (Wildman–Crippen LogP) is 5.51. The second-order valence-electron chi connectivity index (χ2n) is 6.99. The number of nitrogens with zero attached hydrogens (tertiary/aromatic N) is 4. The van der Waals surface area contributed by atoms with Gasteiger partial charge in [0.1, 0.15) is 17.7 Å². The lowest BCUT2D eigenvalue weighted by Crippen LogP contribution is -1.99. The van der Waals surface area contributed by atoms with E-state index in [-0.39, 0.29) is 5.82 Å². The molecule has 0 aliphatic heterocycles. The lowest BCUT2D eigenvalue weighted by Gasteiger charge is -2.09. The van der Waals surface area contributed by atoms with Crippen molar-refractivity contribution in [1.29, 1.82) is 0 Å². The first-order chi connectivity index (χ1) is 14.7. The second-order valence-corrected chi connectivity index (χ2v) is 7.94. The molecule has 4 aromatic heterocycles. The summed E-state index contributed by atoms with van der Waals surface area (Å²) in [5, 5.41) is 3.36. The van der Waals surface area contributed by atoms with Crippen molar-refractivity contribution >= 4 is 44.8 Å². The van der Waals surface area contributed by atoms with Crippen LogP contribution in [-0.4, -0.2) is 19.5 Å². The summed E-state index contributed by atoms with van der Waals surface area (Å²) < 4.78 is 17.7. The number of halogens is 1. The molecule has 0 saturated carbocycles. The van der Waals surface area contributed by atoms with Gasteiger partial charge in [-0.3, -0.25) is 0 Å². The number of allylic oxidation sites excluding steroid dienone is 4. The van der Waals surface area contributed by atoms with Crippen LogP contribution in [0.5, 0.6) is 0 Å². The van der Waals surface area contributed by atoms with Crippen LogP contribution in [0.3, 0.4) is 0 Å². The number of nitrogen functional groups attached to an aromatic ring is 1. The van der Waals surface area contributed by atoms with Crippen LogP contribution < -0.4 is 5.73 Å². The number of pyridine rings is 1. The van der Waals surface area contributed by atoms with E-state index >= 15 is 4.39 Å². The van der Waals surface area contributed by atoms with Crippen LogP contribution in [-0.2, 0) is 0 Å². The number of rotatable bonds is 3. The van der Waals surface area contributed by atoms with E-state index in [9.17, 15) is 0 Å². The Labute approximate surface area is 174 Å². The first-order valence-corrected chi connectivity index (χ1v) is 10.2. The van der Waals surface area contributed by atoms with E-state index in [2.05, 4.69) is 15.0 Å². The molecular formula is C23H14FN5S. The minimum Gasteiger partial charge on any atom is -0.383 e. The fourth-order valence-electron chi connectivity index (χ4n) is 3.75. The highest BCUT2D eigenvalue weighted by Gasteiger charge is 2.21. The fraction of sp³-hybridized carbons (Fsp3) is 0. The molecule has 0 fully saturated rings. The van der Waals surface area contributed by atoms with E-state index in [1.807, 2.05) is 64.7 Å². The maximum Gasteiger partial charge on any atom is 0.157 e. The summed E-state index contributed by atoms with van der Waals surface area (Å²) in [5.41, 5.74) is 9.94. The summed E-state index contributed by atoms with van der Waals surface area (Å²) in [5.74, 6) is -0.0659. The number of fused-ring (bicyclic) bond motifs is 2. The summed E-state index contributed by atoms with van der Waals surface area (Å²) in [4.78, 5) is 14.1. The summed E-state index contributed by atoms with van der Waals surface area (Å²) in [6, 6.07) is 11.4. The highest BCUT2D eigenvalue weighted by atomic mass is 32.1. The van der Waals surface area contributed by atoms with Gasteiger partial charge in [-0.15, -0.1) is 11.3 Å². The Hall–Kier alpha value is -3.84. The number of nitrogens with two attached hydrogens (primary N) is 1. The molecule has 6 rings (SSSR count). The Morgan fingerprint density at radius 2 is 1.90 bits per heavy atom. The van der Waals surface area contributed by atoms with Crippen LogP contribution in [0.1, 0.15) is 0 Å². The Bertz CT molecular complexity index is 1510. The zero-order chi connectivity index (χ0) is 20.2. The first-order valence-electron chi connectivity index (χ1n) is 9.34. The predicted molar refractivity (Wildman–Crippen MR) is 119 cm³/mol. The monoisotopic (exact) mass is 411 g/mol. The molecule has 1 aliphatic rings. The third kappa shape index (κ3) is 2.42. The molecule has 1 aromatic carbocycles. The van der Waals surface area contributed by atoms with Gasteiger partial charge >= 0.3 is 0 Å². The molecule has 4 heterocycles. The highest BCUT2D eigenvalue weighted by molar-refractivity contribution is 7.13. The normalized spacial score (nSPS) is 13.0. The number of benzene rings is 1. The maximum atomic E-state index is 15.8. The molecule has 7 heteroatoms. The Morgan fingerprint density at radius 1 is 1.03 bits per heavy atom. The minimum atomic E-state index is -0.383. The smallest absolute Gasteiger partial charge is 0.157 e. The topological polar surface area (TPSA) is 69.6 Å². The molecule has 1 aliphatic carbocycles. The molecule has 0 saturated heterocycles. The second kappa shape index (κ2) is 6.33. The van der Waals surface area contributed by atoms with Crippen molar-refractivity contribution in [2.45, 2.75) is 0 Å². The van der Waals surface area contributed by atoms with Crippen LogP contribution in [0.25, 0.3) is 49.3 Å². The van der Waals surface area contributed by atoms with Gasteiger partial charge in [-0.2, -0.15) is 0 Å². The summed E-state index contributed by atoms with van der Waals surface area (Å²) >= 11 is 1.58. The maximum absolute atomic E-state index is 15.8. The number of thiophene rings is 1. The summed E-state index contributed by atoms with van der Waals surface area (Å²) in [7, 11) is 0. The van der Waals surface area contributed by atoms with Gasteiger partial charge in [0, 0.05) is 28.4 Å². The molecule has 144 valence electrons. The summed E-state index contributed by atoms with van der Waals surface area (Å²) in [6.45, 7) is 0. The number of anilines is 1. The van der Waals surface area contributed by atoms with Crippen molar-refractivity contribution in [2.75, 3.05) is 5.73 Å². The number of hydrogen-bond donors (Lipinski definition) is 1. The average molecular weight is 411 g/mol. The average Bonchev–Trinajstić information content (AvgIpc) is 3.37. The quantitative estimate of drug-likeness (QED) is 0.425. The molecule has 0 radical (unpaired) electrons. The van der Waals surface area contributed by atoms with Crippen molar-refractivity contribution in [2.24, 2.45) is 0 Å². The van der Waals surface area contributed by atoms with Gasteiger partial charge in [0.2, 0.25) is 0 Å². The fourth-order valence-corrected chi connectivity index (χ4v) is 4.45. The van der Waals surface area contributed by atoms with Crippen LogP contribution >= 0.6 is 11.3 Å². The zero-order valence-electron chi connectivity index (χ0n) is 15.6. The van der Waals surface area contributed by atoms with Crippen LogP contribution in [0, 0.1) is 5.82 Å². The molecule has 0 spiro atoms. The van der Waals surface area contributed by atoms with Gasteiger partial charge in [-0.25, -0.2) is 19.3 Å². The van der Waals surface area contributed by atoms with Crippen LogP contribution in [0.2, 0.25) is 0 Å². The molecule has 5 nitrogen and oxygen atoms in total. The minimum absolute atomic E-state index is 0.317. The van der Waals surface area contributed by atoms with E-state index in [4.69, 9.17) is 5.73 Å². The standard InChI is InChI=1S/C23H14FN5S/c24-20-15(8-6-13-7-9-17(28-21(13)20)18-5-2-10-30-18)16-11-29(14-3-1-4-14)23-19(16)22(25)26-12-27-23/h1-12H,(H2,25,26,27). The molecule has 0 bridgehead atoms. The van der Waals surface area contributed by atoms with Crippen molar-refractivity contribution in [3.05, 3.63) is 78.3 Å². The number of hydrogen-bond acceptors (Lipinski definition) is 5.